The second-order valence-electron chi connectivity index (χ2n) is 4.50. The van der Waals surface area contributed by atoms with Crippen LogP contribution in [0.1, 0.15) is 13.3 Å². The number of fused-ring (bicyclic) bond motifs is 1. The number of hydrogen-bond donors (Lipinski definition) is 2. The largest absolute Gasteiger partial charge is 0.355 e. The van der Waals surface area contributed by atoms with Crippen molar-refractivity contribution in [2.75, 3.05) is 6.54 Å². The van der Waals surface area contributed by atoms with Gasteiger partial charge in [0.2, 0.25) is 5.91 Å². The highest BCUT2D eigenvalue weighted by Crippen LogP contribution is 2.15. The summed E-state index contributed by atoms with van der Waals surface area (Å²) in [5.74, 6) is -0.0904. The van der Waals surface area contributed by atoms with Gasteiger partial charge in [-0.15, -0.1) is 0 Å². The molecule has 0 aliphatic rings. The predicted molar refractivity (Wildman–Crippen MR) is 73.2 cm³/mol. The van der Waals surface area contributed by atoms with E-state index in [-0.39, 0.29) is 5.91 Å². The Morgan fingerprint density at radius 1 is 1.39 bits per heavy atom. The molecule has 1 aromatic heterocycles. The average molecular weight is 245 g/mol. The SMILES string of the molecule is CC(N)C(=O)NCCCn1ccc2ccccc21. The molecular weight excluding hydrogens is 226 g/mol. The minimum Gasteiger partial charge on any atom is -0.355 e. The molecule has 0 bridgehead atoms. The normalized spacial score (nSPS) is 12.6. The number of aryl methyl sites for hydroxylation is 1. The summed E-state index contributed by atoms with van der Waals surface area (Å²) in [6.07, 6.45) is 2.98. The molecule has 3 N–H and O–H groups in total. The number of rotatable bonds is 5. The molecule has 0 radical (unpaired) electrons. The second kappa shape index (κ2) is 5.69. The summed E-state index contributed by atoms with van der Waals surface area (Å²) >= 11 is 0. The van der Waals surface area contributed by atoms with Crippen LogP contribution < -0.4 is 11.1 Å². The molecule has 18 heavy (non-hydrogen) atoms. The molecule has 2 rings (SSSR count). The van der Waals surface area contributed by atoms with Crippen molar-refractivity contribution in [3.05, 3.63) is 36.5 Å². The number of carbonyl (C=O) groups excluding carboxylic acids is 1. The topological polar surface area (TPSA) is 60.1 Å². The molecule has 4 nitrogen and oxygen atoms in total. The average Bonchev–Trinajstić information content (AvgIpc) is 2.77. The van der Waals surface area contributed by atoms with E-state index in [0.717, 1.165) is 13.0 Å². The predicted octanol–water partition coefficient (Wildman–Crippen LogP) is 1.49. The molecule has 0 saturated carbocycles. The zero-order valence-electron chi connectivity index (χ0n) is 10.6. The Kier molecular flexibility index (Phi) is 3.99. The van der Waals surface area contributed by atoms with Crippen LogP contribution in [0.4, 0.5) is 0 Å². The highest BCUT2D eigenvalue weighted by Gasteiger charge is 2.05. The van der Waals surface area contributed by atoms with Crippen LogP contribution >= 0.6 is 0 Å². The fourth-order valence-corrected chi connectivity index (χ4v) is 1.96. The Balaban J connectivity index is 1.85. The third-order valence-corrected chi connectivity index (χ3v) is 2.97. The van der Waals surface area contributed by atoms with Crippen molar-refractivity contribution in [1.29, 1.82) is 0 Å². The van der Waals surface area contributed by atoms with Gasteiger partial charge in [-0.2, -0.15) is 0 Å². The van der Waals surface area contributed by atoms with Crippen LogP contribution in [0.3, 0.4) is 0 Å². The van der Waals surface area contributed by atoms with Crippen molar-refractivity contribution in [2.45, 2.75) is 25.9 Å². The number of nitrogens with one attached hydrogen (secondary N) is 1. The van der Waals surface area contributed by atoms with E-state index in [1.165, 1.54) is 10.9 Å². The van der Waals surface area contributed by atoms with Gasteiger partial charge in [0.25, 0.3) is 0 Å². The zero-order chi connectivity index (χ0) is 13.0. The minimum absolute atomic E-state index is 0.0904. The molecule has 1 heterocycles. The molecule has 0 spiro atoms. The Morgan fingerprint density at radius 3 is 2.94 bits per heavy atom. The molecule has 4 heteroatoms. The first kappa shape index (κ1) is 12.6. The summed E-state index contributed by atoms with van der Waals surface area (Å²) in [5.41, 5.74) is 6.70. The van der Waals surface area contributed by atoms with Crippen LogP contribution in [0, 0.1) is 0 Å². The molecule has 0 fully saturated rings. The van der Waals surface area contributed by atoms with Crippen LogP contribution in [-0.4, -0.2) is 23.1 Å². The molecule has 0 aliphatic heterocycles. The van der Waals surface area contributed by atoms with E-state index < -0.39 is 6.04 Å². The van der Waals surface area contributed by atoms with Gasteiger partial charge in [0.1, 0.15) is 0 Å². The number of carbonyl (C=O) groups is 1. The lowest BCUT2D eigenvalue weighted by Gasteiger charge is -2.08. The van der Waals surface area contributed by atoms with Gasteiger partial charge in [-0.3, -0.25) is 4.79 Å². The van der Waals surface area contributed by atoms with E-state index >= 15 is 0 Å². The van der Waals surface area contributed by atoms with Crippen LogP contribution in [0.5, 0.6) is 0 Å². The fraction of sp³-hybridized carbons (Fsp3) is 0.357. The van der Waals surface area contributed by atoms with Crippen LogP contribution in [0.2, 0.25) is 0 Å². The molecule has 0 aliphatic carbocycles. The number of hydrogen-bond acceptors (Lipinski definition) is 2. The number of aromatic nitrogens is 1. The van der Waals surface area contributed by atoms with Crippen LogP contribution in [-0.2, 0) is 11.3 Å². The van der Waals surface area contributed by atoms with Crippen molar-refractivity contribution in [2.24, 2.45) is 5.73 Å². The van der Waals surface area contributed by atoms with Gasteiger partial charge in [0, 0.05) is 24.8 Å². The maximum atomic E-state index is 11.3. The zero-order valence-corrected chi connectivity index (χ0v) is 10.6. The fourth-order valence-electron chi connectivity index (χ4n) is 1.96. The van der Waals surface area contributed by atoms with E-state index in [4.69, 9.17) is 5.73 Å². The maximum Gasteiger partial charge on any atom is 0.236 e. The standard InChI is InChI=1S/C14H19N3O/c1-11(15)14(18)16-8-4-9-17-10-7-12-5-2-3-6-13(12)17/h2-3,5-7,10-11H,4,8-9,15H2,1H3,(H,16,18). The number of amides is 1. The molecule has 0 saturated heterocycles. The van der Waals surface area contributed by atoms with Gasteiger partial charge < -0.3 is 15.6 Å². The van der Waals surface area contributed by atoms with E-state index in [1.54, 1.807) is 6.92 Å². The van der Waals surface area contributed by atoms with Crippen LogP contribution in [0.15, 0.2) is 36.5 Å². The molecular formula is C14H19N3O. The first-order chi connectivity index (χ1) is 8.68. The number of nitrogens with two attached hydrogens (primary N) is 1. The van der Waals surface area contributed by atoms with Gasteiger partial charge in [-0.05, 0) is 30.9 Å². The lowest BCUT2D eigenvalue weighted by atomic mass is 10.2. The highest BCUT2D eigenvalue weighted by atomic mass is 16.2. The molecule has 1 aromatic carbocycles. The summed E-state index contributed by atoms with van der Waals surface area (Å²) in [5, 5.41) is 4.06. The van der Waals surface area contributed by atoms with Gasteiger partial charge in [0.05, 0.1) is 6.04 Å². The summed E-state index contributed by atoms with van der Waals surface area (Å²) in [7, 11) is 0. The summed E-state index contributed by atoms with van der Waals surface area (Å²) in [6.45, 7) is 3.24. The Morgan fingerprint density at radius 2 is 2.17 bits per heavy atom. The minimum atomic E-state index is -0.433. The Labute approximate surface area is 107 Å². The molecule has 96 valence electrons. The van der Waals surface area contributed by atoms with Crippen molar-refractivity contribution in [1.82, 2.24) is 9.88 Å². The van der Waals surface area contributed by atoms with Crippen molar-refractivity contribution in [3.63, 3.8) is 0 Å². The molecule has 1 unspecified atom stereocenters. The lowest BCUT2D eigenvalue weighted by molar-refractivity contribution is -0.121. The number of para-hydroxylation sites is 1. The lowest BCUT2D eigenvalue weighted by Crippen LogP contribution is -2.38. The summed E-state index contributed by atoms with van der Waals surface area (Å²) in [4.78, 5) is 11.3. The smallest absolute Gasteiger partial charge is 0.236 e. The van der Waals surface area contributed by atoms with E-state index in [2.05, 4.69) is 34.3 Å². The first-order valence-corrected chi connectivity index (χ1v) is 6.25. The summed E-state index contributed by atoms with van der Waals surface area (Å²) in [6, 6.07) is 9.96. The molecule has 1 atom stereocenters. The Hall–Kier alpha value is -1.81. The van der Waals surface area contributed by atoms with Crippen LogP contribution in [0.25, 0.3) is 10.9 Å². The summed E-state index contributed by atoms with van der Waals surface area (Å²) < 4.78 is 2.20. The first-order valence-electron chi connectivity index (χ1n) is 6.25. The van der Waals surface area contributed by atoms with E-state index in [9.17, 15) is 4.79 Å². The van der Waals surface area contributed by atoms with Gasteiger partial charge >= 0.3 is 0 Å². The van der Waals surface area contributed by atoms with Gasteiger partial charge in [-0.1, -0.05) is 18.2 Å². The van der Waals surface area contributed by atoms with Crippen molar-refractivity contribution >= 4 is 16.8 Å². The number of benzene rings is 1. The van der Waals surface area contributed by atoms with Gasteiger partial charge in [-0.25, -0.2) is 0 Å². The quantitative estimate of drug-likeness (QED) is 0.784. The van der Waals surface area contributed by atoms with E-state index in [0.29, 0.717) is 6.54 Å². The van der Waals surface area contributed by atoms with E-state index in [1.807, 2.05) is 12.1 Å². The highest BCUT2D eigenvalue weighted by molar-refractivity contribution is 5.81. The second-order valence-corrected chi connectivity index (χ2v) is 4.50. The van der Waals surface area contributed by atoms with Crippen molar-refractivity contribution < 1.29 is 4.79 Å². The van der Waals surface area contributed by atoms with Gasteiger partial charge in [0.15, 0.2) is 0 Å². The third kappa shape index (κ3) is 2.90. The third-order valence-electron chi connectivity index (χ3n) is 2.97. The monoisotopic (exact) mass is 245 g/mol. The molecule has 1 amide bonds. The maximum absolute atomic E-state index is 11.3. The number of nitrogens with zero attached hydrogens (tertiary/aromatic N) is 1. The molecule has 2 aromatic rings. The Bertz CT molecular complexity index is 531. The van der Waals surface area contributed by atoms with Crippen molar-refractivity contribution in [3.8, 4) is 0 Å².